The van der Waals surface area contributed by atoms with E-state index in [9.17, 15) is 14.0 Å². The van der Waals surface area contributed by atoms with E-state index in [4.69, 9.17) is 23.7 Å². The van der Waals surface area contributed by atoms with Crippen molar-refractivity contribution in [2.24, 2.45) is 0 Å². The van der Waals surface area contributed by atoms with E-state index in [0.29, 0.717) is 39.5 Å². The van der Waals surface area contributed by atoms with Gasteiger partial charge in [0.2, 0.25) is 0 Å². The quantitative estimate of drug-likeness (QED) is 0.0550. The van der Waals surface area contributed by atoms with E-state index < -0.39 is 0 Å². The number of hydrogen-bond acceptors (Lipinski definition) is 10. The van der Waals surface area contributed by atoms with E-state index >= 15 is 0 Å². The molecule has 0 amide bonds. The van der Waals surface area contributed by atoms with Crippen LogP contribution in [-0.2, 0) is 33.3 Å². The molecule has 1 heterocycles. The first-order valence-corrected chi connectivity index (χ1v) is 19.7. The van der Waals surface area contributed by atoms with E-state index in [1.165, 1.54) is 35.6 Å². The van der Waals surface area contributed by atoms with Crippen LogP contribution >= 0.6 is 33.3 Å². The second-order valence-electron chi connectivity index (χ2n) is 11.2. The molecule has 2 aliphatic rings. The largest absolute Gasteiger partial charge is 0.463 e. The molecule has 1 atom stereocenters. The lowest BCUT2D eigenvalue weighted by Crippen LogP contribution is -2.15. The van der Waals surface area contributed by atoms with Crippen molar-refractivity contribution in [3.63, 3.8) is 0 Å². The highest BCUT2D eigenvalue weighted by atomic mass is 33.1. The molecule has 47 heavy (non-hydrogen) atoms. The molecule has 11 heteroatoms. The second kappa shape index (κ2) is 20.9. The normalized spacial score (nSPS) is 16.6. The number of benzene rings is 2. The van der Waals surface area contributed by atoms with Gasteiger partial charge in [0.15, 0.2) is 0 Å². The van der Waals surface area contributed by atoms with Crippen molar-refractivity contribution in [3.05, 3.63) is 70.5 Å². The Morgan fingerprint density at radius 1 is 0.872 bits per heavy atom. The molecule has 0 N–H and O–H groups in total. The van der Waals surface area contributed by atoms with Crippen LogP contribution in [0.5, 0.6) is 0 Å². The van der Waals surface area contributed by atoms with Crippen LogP contribution in [0.15, 0.2) is 52.9 Å². The molecule has 256 valence electrons. The lowest BCUT2D eigenvalue weighted by molar-refractivity contribution is -0.145. The zero-order chi connectivity index (χ0) is 33.3. The van der Waals surface area contributed by atoms with Gasteiger partial charge in [-0.05, 0) is 96.2 Å². The topological polar surface area (TPSA) is 80.3 Å². The summed E-state index contributed by atoms with van der Waals surface area (Å²) in [6.07, 6.45) is 9.03. The first-order valence-electron chi connectivity index (χ1n) is 16.1. The van der Waals surface area contributed by atoms with Crippen LogP contribution in [0.2, 0.25) is 0 Å². The fraction of sp³-hybridized carbons (Fsp3) is 0.500. The molecule has 1 unspecified atom stereocenters. The number of thioether (sulfide) groups is 1. The van der Waals surface area contributed by atoms with Crippen LogP contribution in [0.1, 0.15) is 62.1 Å². The lowest BCUT2D eigenvalue weighted by Gasteiger charge is -2.09. The Balaban J connectivity index is 1.03. The standard InChI is InChI=1S/C36H45FO7S3/c1-26-32(23-27-7-10-29(45-2)11-8-27)31-12-9-28(37)24-34(31)33(26)25-36(39)44-21-19-42-17-15-40-14-16-41-18-20-43-35(38)6-4-3-5-30-13-22-46-47-30/h7-12,23-24,30H,3-6,13-22,25H2,1-2H3/b32-23-. The summed E-state index contributed by atoms with van der Waals surface area (Å²) < 4.78 is 41.3. The maximum Gasteiger partial charge on any atom is 0.310 e. The third-order valence-corrected chi connectivity index (χ3v) is 11.6. The molecule has 0 bridgehead atoms. The van der Waals surface area contributed by atoms with E-state index in [1.54, 1.807) is 17.8 Å². The summed E-state index contributed by atoms with van der Waals surface area (Å²) in [4.78, 5) is 25.7. The number of ether oxygens (including phenoxy) is 5. The van der Waals surface area contributed by atoms with E-state index in [-0.39, 0.29) is 44.0 Å². The maximum atomic E-state index is 14.2. The molecule has 1 aliphatic heterocycles. The third-order valence-electron chi connectivity index (χ3n) is 7.81. The molecular formula is C36H45FO7S3. The number of fused-ring (bicyclic) bond motifs is 1. The Labute approximate surface area is 290 Å². The van der Waals surface area contributed by atoms with Gasteiger partial charge < -0.3 is 23.7 Å². The van der Waals surface area contributed by atoms with Gasteiger partial charge in [-0.25, -0.2) is 4.39 Å². The summed E-state index contributed by atoms with van der Waals surface area (Å²) in [6, 6.07) is 13.0. The maximum absolute atomic E-state index is 14.2. The Kier molecular flexibility index (Phi) is 16.7. The number of hydrogen-bond donors (Lipinski definition) is 0. The SMILES string of the molecule is CSc1ccc(/C=C2/C(C)=C(CC(=O)OCCOCCOCCOCCOC(=O)CCCCC3CCSS3)c3cc(F)ccc32)cc1. The molecule has 7 nitrogen and oxygen atoms in total. The molecule has 2 aromatic carbocycles. The zero-order valence-corrected chi connectivity index (χ0v) is 29.7. The predicted octanol–water partition coefficient (Wildman–Crippen LogP) is 8.12. The summed E-state index contributed by atoms with van der Waals surface area (Å²) in [6.45, 7) is 4.46. The van der Waals surface area contributed by atoms with Crippen molar-refractivity contribution in [1.82, 2.24) is 0 Å². The summed E-state index contributed by atoms with van der Waals surface area (Å²) in [7, 11) is 3.92. The van der Waals surface area contributed by atoms with Crippen LogP contribution in [0, 0.1) is 5.82 Å². The van der Waals surface area contributed by atoms with Crippen LogP contribution in [0.25, 0.3) is 17.2 Å². The molecule has 0 saturated carbocycles. The fourth-order valence-electron chi connectivity index (χ4n) is 5.29. The average Bonchev–Trinajstić information content (AvgIpc) is 3.68. The monoisotopic (exact) mass is 704 g/mol. The van der Waals surface area contributed by atoms with E-state index in [0.717, 1.165) is 51.5 Å². The molecule has 1 aliphatic carbocycles. The van der Waals surface area contributed by atoms with Crippen molar-refractivity contribution in [2.75, 3.05) is 64.9 Å². The van der Waals surface area contributed by atoms with Gasteiger partial charge in [-0.1, -0.05) is 46.2 Å². The molecule has 4 rings (SSSR count). The molecule has 0 aromatic heterocycles. The minimum Gasteiger partial charge on any atom is -0.463 e. The summed E-state index contributed by atoms with van der Waals surface area (Å²) in [5.74, 6) is 0.347. The molecular weight excluding hydrogens is 660 g/mol. The predicted molar refractivity (Wildman–Crippen MR) is 191 cm³/mol. The Morgan fingerprint density at radius 2 is 1.53 bits per heavy atom. The number of allylic oxidation sites excluding steroid dienone is 2. The number of unbranched alkanes of at least 4 members (excludes halogenated alkanes) is 1. The molecule has 1 saturated heterocycles. The Morgan fingerprint density at radius 3 is 2.17 bits per heavy atom. The zero-order valence-electron chi connectivity index (χ0n) is 27.3. The lowest BCUT2D eigenvalue weighted by atomic mass is 10.0. The van der Waals surface area contributed by atoms with Gasteiger partial charge in [0.1, 0.15) is 19.0 Å². The van der Waals surface area contributed by atoms with Crippen LogP contribution in [0.4, 0.5) is 4.39 Å². The van der Waals surface area contributed by atoms with Crippen molar-refractivity contribution in [3.8, 4) is 0 Å². The number of carbonyl (C=O) groups is 2. The first kappa shape index (κ1) is 37.5. The Bertz CT molecular complexity index is 1360. The minimum atomic E-state index is -0.388. The van der Waals surface area contributed by atoms with Gasteiger partial charge >= 0.3 is 11.9 Å². The number of carbonyl (C=O) groups excluding carboxylic acids is 2. The van der Waals surface area contributed by atoms with Gasteiger partial charge in [-0.2, -0.15) is 0 Å². The van der Waals surface area contributed by atoms with Gasteiger partial charge in [0.25, 0.3) is 0 Å². The number of halogens is 1. The van der Waals surface area contributed by atoms with Gasteiger partial charge in [0.05, 0.1) is 46.1 Å². The first-order chi connectivity index (χ1) is 22.9. The third kappa shape index (κ3) is 12.9. The van der Waals surface area contributed by atoms with Crippen molar-refractivity contribution in [2.45, 2.75) is 55.6 Å². The average molecular weight is 705 g/mol. The van der Waals surface area contributed by atoms with Crippen LogP contribution < -0.4 is 0 Å². The number of esters is 2. The highest BCUT2D eigenvalue weighted by molar-refractivity contribution is 8.77. The molecule has 0 spiro atoms. The van der Waals surface area contributed by atoms with Crippen molar-refractivity contribution < 1.29 is 37.7 Å². The highest BCUT2D eigenvalue weighted by Crippen LogP contribution is 2.44. The van der Waals surface area contributed by atoms with E-state index in [2.05, 4.69) is 30.3 Å². The second-order valence-corrected chi connectivity index (χ2v) is 14.8. The molecule has 1 fully saturated rings. The Hall–Kier alpha value is -2.28. The van der Waals surface area contributed by atoms with Crippen molar-refractivity contribution >= 4 is 62.5 Å². The molecule has 2 aromatic rings. The summed E-state index contributed by atoms with van der Waals surface area (Å²) in [5.41, 5.74) is 5.36. The van der Waals surface area contributed by atoms with E-state index in [1.807, 2.05) is 34.8 Å². The fourth-order valence-corrected chi connectivity index (χ4v) is 8.73. The smallest absolute Gasteiger partial charge is 0.310 e. The summed E-state index contributed by atoms with van der Waals surface area (Å²) >= 11 is 1.68. The molecule has 0 radical (unpaired) electrons. The minimum absolute atomic E-state index is 0.0480. The van der Waals surface area contributed by atoms with Crippen LogP contribution in [0.3, 0.4) is 0 Å². The summed E-state index contributed by atoms with van der Waals surface area (Å²) in [5, 5.41) is 0.749. The van der Waals surface area contributed by atoms with Gasteiger partial charge in [-0.15, -0.1) is 11.8 Å². The van der Waals surface area contributed by atoms with Gasteiger partial charge in [0, 0.05) is 22.3 Å². The highest BCUT2D eigenvalue weighted by Gasteiger charge is 2.26. The van der Waals surface area contributed by atoms with Gasteiger partial charge in [-0.3, -0.25) is 9.59 Å². The van der Waals surface area contributed by atoms with Crippen LogP contribution in [-0.4, -0.2) is 82.1 Å². The van der Waals surface area contributed by atoms with Crippen molar-refractivity contribution in [1.29, 1.82) is 0 Å². The number of rotatable bonds is 21.